The summed E-state index contributed by atoms with van der Waals surface area (Å²) in [6, 6.07) is 70.6. The van der Waals surface area contributed by atoms with Crippen LogP contribution in [-0.2, 0) is 0 Å². The third kappa shape index (κ3) is 6.72. The SMILES string of the molecule is c1ccc(-c2ccc(-c3nc(-c4cccc(-c5nc(-c6ccccc6)cc(-c6ccccc6)n5)c4)c(-c4ccccc4)nc3-c3ccccc3)cc2)cc1. The summed E-state index contributed by atoms with van der Waals surface area (Å²) in [4.78, 5) is 21.2. The Morgan fingerprint density at radius 2 is 0.519 bits per heavy atom. The molecule has 0 saturated heterocycles. The van der Waals surface area contributed by atoms with E-state index in [-0.39, 0.29) is 0 Å². The van der Waals surface area contributed by atoms with Gasteiger partial charge in [0.05, 0.1) is 34.2 Å². The van der Waals surface area contributed by atoms with Crippen molar-refractivity contribution in [3.8, 4) is 90.1 Å². The van der Waals surface area contributed by atoms with Crippen LogP contribution in [0.4, 0.5) is 0 Å². The lowest BCUT2D eigenvalue weighted by Crippen LogP contribution is -2.01. The third-order valence-electron chi connectivity index (χ3n) is 9.52. The molecule has 4 nitrogen and oxygen atoms in total. The number of benzene rings is 7. The highest BCUT2D eigenvalue weighted by Crippen LogP contribution is 2.39. The first-order valence-corrected chi connectivity index (χ1v) is 18.1. The Balaban J connectivity index is 1.23. The Hall–Kier alpha value is -7.30. The fraction of sp³-hybridized carbons (Fsp3) is 0. The molecule has 0 radical (unpaired) electrons. The maximum atomic E-state index is 5.53. The van der Waals surface area contributed by atoms with Crippen LogP contribution in [0.15, 0.2) is 206 Å². The second-order valence-corrected chi connectivity index (χ2v) is 13.1. The molecule has 9 aromatic rings. The summed E-state index contributed by atoms with van der Waals surface area (Å²) < 4.78 is 0. The Morgan fingerprint density at radius 3 is 0.981 bits per heavy atom. The number of hydrogen-bond donors (Lipinski definition) is 0. The molecule has 2 heterocycles. The molecule has 0 aliphatic rings. The average Bonchev–Trinajstić information content (AvgIpc) is 3.27. The summed E-state index contributed by atoms with van der Waals surface area (Å²) in [5.74, 6) is 0.643. The van der Waals surface area contributed by atoms with Crippen molar-refractivity contribution in [2.45, 2.75) is 0 Å². The highest BCUT2D eigenvalue weighted by atomic mass is 14.9. The van der Waals surface area contributed by atoms with E-state index in [1.165, 1.54) is 5.56 Å². The average molecular weight is 691 g/mol. The quantitative estimate of drug-likeness (QED) is 0.159. The summed E-state index contributed by atoms with van der Waals surface area (Å²) in [5, 5.41) is 0. The molecule has 54 heavy (non-hydrogen) atoms. The van der Waals surface area contributed by atoms with E-state index < -0.39 is 0 Å². The van der Waals surface area contributed by atoms with E-state index >= 15 is 0 Å². The lowest BCUT2D eigenvalue weighted by atomic mass is 9.97. The maximum Gasteiger partial charge on any atom is 0.160 e. The smallest absolute Gasteiger partial charge is 0.160 e. The zero-order chi connectivity index (χ0) is 36.1. The predicted octanol–water partition coefficient (Wildman–Crippen LogP) is 12.6. The fourth-order valence-electron chi connectivity index (χ4n) is 6.78. The molecule has 2 aromatic heterocycles. The first kappa shape index (κ1) is 32.6. The van der Waals surface area contributed by atoms with Gasteiger partial charge in [-0.3, -0.25) is 0 Å². The van der Waals surface area contributed by atoms with Crippen LogP contribution in [0.5, 0.6) is 0 Å². The van der Waals surface area contributed by atoms with Gasteiger partial charge in [0.2, 0.25) is 0 Å². The Kier molecular flexibility index (Phi) is 8.90. The molecule has 0 unspecified atom stereocenters. The van der Waals surface area contributed by atoms with Gasteiger partial charge in [0.15, 0.2) is 5.82 Å². The van der Waals surface area contributed by atoms with E-state index in [4.69, 9.17) is 19.9 Å². The molecule has 0 N–H and O–H groups in total. The lowest BCUT2D eigenvalue weighted by Gasteiger charge is -2.17. The Bertz CT molecular complexity index is 2600. The molecule has 9 rings (SSSR count). The minimum Gasteiger partial charge on any atom is -0.243 e. The second-order valence-electron chi connectivity index (χ2n) is 13.1. The van der Waals surface area contributed by atoms with Gasteiger partial charge in [-0.1, -0.05) is 194 Å². The van der Waals surface area contributed by atoms with Gasteiger partial charge in [0.25, 0.3) is 0 Å². The number of aromatic nitrogens is 4. The first-order chi connectivity index (χ1) is 26.8. The van der Waals surface area contributed by atoms with Crippen molar-refractivity contribution in [2.75, 3.05) is 0 Å². The normalized spacial score (nSPS) is 11.0. The first-order valence-electron chi connectivity index (χ1n) is 18.1. The van der Waals surface area contributed by atoms with Crippen molar-refractivity contribution < 1.29 is 0 Å². The molecule has 0 fully saturated rings. The molecule has 0 amide bonds. The van der Waals surface area contributed by atoms with Crippen LogP contribution in [0.2, 0.25) is 0 Å². The van der Waals surface area contributed by atoms with Gasteiger partial charge < -0.3 is 0 Å². The summed E-state index contributed by atoms with van der Waals surface area (Å²) >= 11 is 0. The largest absolute Gasteiger partial charge is 0.243 e. The van der Waals surface area contributed by atoms with Crippen molar-refractivity contribution in [1.82, 2.24) is 19.9 Å². The zero-order valence-electron chi connectivity index (χ0n) is 29.4. The molecule has 0 saturated carbocycles. The fourth-order valence-corrected chi connectivity index (χ4v) is 6.78. The van der Waals surface area contributed by atoms with Gasteiger partial charge in [0, 0.05) is 38.9 Å². The molecule has 7 aromatic carbocycles. The molecule has 4 heteroatoms. The molecule has 0 bridgehead atoms. The summed E-state index contributed by atoms with van der Waals surface area (Å²) in [5.41, 5.74) is 14.1. The van der Waals surface area contributed by atoms with Gasteiger partial charge in [-0.05, 0) is 23.3 Å². The van der Waals surface area contributed by atoms with E-state index in [0.717, 1.165) is 78.7 Å². The molecular weight excluding hydrogens is 657 g/mol. The van der Waals surface area contributed by atoms with Gasteiger partial charge >= 0.3 is 0 Å². The number of hydrogen-bond acceptors (Lipinski definition) is 4. The van der Waals surface area contributed by atoms with Crippen LogP contribution in [0, 0.1) is 0 Å². The van der Waals surface area contributed by atoms with E-state index in [0.29, 0.717) is 5.82 Å². The van der Waals surface area contributed by atoms with Gasteiger partial charge in [-0.2, -0.15) is 0 Å². The molecule has 0 atom stereocenters. The highest BCUT2D eigenvalue weighted by molar-refractivity contribution is 5.88. The standard InChI is InChI=1S/C50H34N4/c1-6-17-35(18-7-1)36-29-31-41(32-30-36)48-46(39-23-12-4-13-24-39)53-47(40-25-14-5-15-26-40)49(54-48)42-27-16-28-43(33-42)50-51-44(37-19-8-2-9-20-37)34-45(52-50)38-21-10-3-11-22-38/h1-34H. The topological polar surface area (TPSA) is 51.6 Å². The van der Waals surface area contributed by atoms with Crippen molar-refractivity contribution in [1.29, 1.82) is 0 Å². The Morgan fingerprint density at radius 1 is 0.204 bits per heavy atom. The molecular formula is C50H34N4. The van der Waals surface area contributed by atoms with Crippen LogP contribution < -0.4 is 0 Å². The van der Waals surface area contributed by atoms with Gasteiger partial charge in [0.1, 0.15) is 0 Å². The van der Waals surface area contributed by atoms with Crippen LogP contribution in [0.1, 0.15) is 0 Å². The highest BCUT2D eigenvalue weighted by Gasteiger charge is 2.20. The van der Waals surface area contributed by atoms with Crippen molar-refractivity contribution in [3.63, 3.8) is 0 Å². The molecule has 0 spiro atoms. The predicted molar refractivity (Wildman–Crippen MR) is 221 cm³/mol. The van der Waals surface area contributed by atoms with Crippen LogP contribution in [-0.4, -0.2) is 19.9 Å². The van der Waals surface area contributed by atoms with E-state index in [1.54, 1.807) is 0 Å². The molecule has 254 valence electrons. The number of nitrogens with zero attached hydrogens (tertiary/aromatic N) is 4. The minimum absolute atomic E-state index is 0.643. The molecule has 0 aliphatic carbocycles. The lowest BCUT2D eigenvalue weighted by molar-refractivity contribution is 1.18. The van der Waals surface area contributed by atoms with Crippen LogP contribution in [0.3, 0.4) is 0 Å². The van der Waals surface area contributed by atoms with Crippen molar-refractivity contribution >= 4 is 0 Å². The second kappa shape index (κ2) is 14.7. The van der Waals surface area contributed by atoms with Crippen LogP contribution in [0.25, 0.3) is 90.1 Å². The van der Waals surface area contributed by atoms with E-state index in [1.807, 2.05) is 78.9 Å². The van der Waals surface area contributed by atoms with Gasteiger partial charge in [-0.25, -0.2) is 19.9 Å². The summed E-state index contributed by atoms with van der Waals surface area (Å²) in [7, 11) is 0. The van der Waals surface area contributed by atoms with E-state index in [2.05, 4.69) is 127 Å². The third-order valence-corrected chi connectivity index (χ3v) is 9.52. The monoisotopic (exact) mass is 690 g/mol. The van der Waals surface area contributed by atoms with Crippen molar-refractivity contribution in [2.24, 2.45) is 0 Å². The summed E-state index contributed by atoms with van der Waals surface area (Å²) in [6.07, 6.45) is 0. The van der Waals surface area contributed by atoms with Gasteiger partial charge in [-0.15, -0.1) is 0 Å². The number of rotatable bonds is 8. The van der Waals surface area contributed by atoms with E-state index in [9.17, 15) is 0 Å². The maximum absolute atomic E-state index is 5.53. The zero-order valence-corrected chi connectivity index (χ0v) is 29.4. The van der Waals surface area contributed by atoms with Crippen LogP contribution >= 0.6 is 0 Å². The summed E-state index contributed by atoms with van der Waals surface area (Å²) in [6.45, 7) is 0. The van der Waals surface area contributed by atoms with Crippen molar-refractivity contribution in [3.05, 3.63) is 206 Å². The molecule has 0 aliphatic heterocycles. The Labute approximate surface area is 315 Å². The minimum atomic E-state index is 0.643.